The van der Waals surface area contributed by atoms with Crippen LogP contribution in [0.3, 0.4) is 0 Å². The molecule has 2 aromatic rings. The van der Waals surface area contributed by atoms with Gasteiger partial charge < -0.3 is 19.5 Å². The molecule has 2 aromatic carbocycles. The van der Waals surface area contributed by atoms with Gasteiger partial charge in [-0.05, 0) is 55.6 Å². The lowest BCUT2D eigenvalue weighted by molar-refractivity contribution is 0.105. The monoisotopic (exact) mass is 355 g/mol. The van der Waals surface area contributed by atoms with Gasteiger partial charge in [0, 0.05) is 12.0 Å². The number of ether oxygens (including phenoxy) is 3. The van der Waals surface area contributed by atoms with Crippen molar-refractivity contribution in [2.45, 2.75) is 31.8 Å². The summed E-state index contributed by atoms with van der Waals surface area (Å²) < 4.78 is 16.9. The second kappa shape index (κ2) is 10.2. The lowest BCUT2D eigenvalue weighted by atomic mass is 9.90. The first-order valence-electron chi connectivity index (χ1n) is 9.50. The van der Waals surface area contributed by atoms with Crippen LogP contribution in [0.25, 0.3) is 0 Å². The molecule has 0 radical (unpaired) electrons. The second-order valence-electron chi connectivity index (χ2n) is 6.66. The molecule has 0 aromatic heterocycles. The first kappa shape index (κ1) is 18.7. The summed E-state index contributed by atoms with van der Waals surface area (Å²) in [6.07, 6.45) is 3.32. The summed E-state index contributed by atoms with van der Waals surface area (Å²) in [4.78, 5) is 0. The Kier molecular flexibility index (Phi) is 7.35. The summed E-state index contributed by atoms with van der Waals surface area (Å²) in [6, 6.07) is 16.5. The molecule has 0 atom stereocenters. The summed E-state index contributed by atoms with van der Waals surface area (Å²) in [7, 11) is 1.68. The van der Waals surface area contributed by atoms with Crippen LogP contribution in [0.4, 0.5) is 0 Å². The highest BCUT2D eigenvalue weighted by Gasteiger charge is 2.14. The number of hydrogen-bond donors (Lipinski definition) is 1. The van der Waals surface area contributed by atoms with Gasteiger partial charge in [0.25, 0.3) is 0 Å². The zero-order valence-electron chi connectivity index (χ0n) is 15.6. The number of rotatable bonds is 9. The van der Waals surface area contributed by atoms with E-state index >= 15 is 0 Å². The first-order valence-corrected chi connectivity index (χ1v) is 9.50. The number of piperidine rings is 1. The maximum absolute atomic E-state index is 5.83. The number of hydrogen-bond acceptors (Lipinski definition) is 4. The average molecular weight is 355 g/mol. The number of benzene rings is 2. The van der Waals surface area contributed by atoms with Crippen LogP contribution >= 0.6 is 0 Å². The van der Waals surface area contributed by atoms with Crippen LogP contribution in [0.2, 0.25) is 0 Å². The predicted octanol–water partition coefficient (Wildman–Crippen LogP) is 4.15. The third kappa shape index (κ3) is 5.48. The first-order chi connectivity index (χ1) is 12.9. The van der Waals surface area contributed by atoms with Crippen molar-refractivity contribution in [1.82, 2.24) is 5.32 Å². The van der Waals surface area contributed by atoms with Gasteiger partial charge in [-0.3, -0.25) is 0 Å². The van der Waals surface area contributed by atoms with Crippen molar-refractivity contribution in [3.05, 3.63) is 59.7 Å². The molecule has 26 heavy (non-hydrogen) atoms. The Morgan fingerprint density at radius 1 is 0.962 bits per heavy atom. The normalized spacial score (nSPS) is 15.0. The van der Waals surface area contributed by atoms with Gasteiger partial charge in [-0.2, -0.15) is 0 Å². The fraction of sp³-hybridized carbons (Fsp3) is 0.455. The Hall–Kier alpha value is -2.04. The molecule has 1 heterocycles. The summed E-state index contributed by atoms with van der Waals surface area (Å²) in [6.45, 7) is 4.15. The van der Waals surface area contributed by atoms with Gasteiger partial charge in [0.15, 0.2) is 0 Å². The standard InChI is InChI=1S/C22H29NO3/c1-24-22-6-3-2-5-20(22)17-25-15-4-16-26-21-9-7-18(8-10-21)19-11-13-23-14-12-19/h2-3,5-10,19,23H,4,11-17H2,1H3. The molecule has 1 N–H and O–H groups in total. The molecule has 0 spiro atoms. The van der Waals surface area contributed by atoms with Crippen LogP contribution in [0.1, 0.15) is 36.3 Å². The van der Waals surface area contributed by atoms with Crippen LogP contribution in [-0.4, -0.2) is 33.4 Å². The SMILES string of the molecule is COc1ccccc1COCCCOc1ccc(C2CCNCC2)cc1. The van der Waals surface area contributed by atoms with E-state index in [0.717, 1.165) is 36.6 Å². The fourth-order valence-corrected chi connectivity index (χ4v) is 3.35. The topological polar surface area (TPSA) is 39.7 Å². The van der Waals surface area contributed by atoms with E-state index in [2.05, 4.69) is 29.6 Å². The highest BCUT2D eigenvalue weighted by atomic mass is 16.5. The van der Waals surface area contributed by atoms with Gasteiger partial charge in [-0.15, -0.1) is 0 Å². The fourth-order valence-electron chi connectivity index (χ4n) is 3.35. The van der Waals surface area contributed by atoms with Gasteiger partial charge in [0.1, 0.15) is 11.5 Å². The Labute approximate surface area is 156 Å². The molecular weight excluding hydrogens is 326 g/mol. The third-order valence-electron chi connectivity index (χ3n) is 4.84. The summed E-state index contributed by atoms with van der Waals surface area (Å²) in [5.74, 6) is 2.50. The minimum absolute atomic E-state index is 0.564. The molecule has 140 valence electrons. The molecule has 0 unspecified atom stereocenters. The van der Waals surface area contributed by atoms with Crippen LogP contribution in [0, 0.1) is 0 Å². The van der Waals surface area contributed by atoms with E-state index in [1.54, 1.807) is 7.11 Å². The van der Waals surface area contributed by atoms with Crippen molar-refractivity contribution in [1.29, 1.82) is 0 Å². The number of nitrogens with one attached hydrogen (secondary N) is 1. The van der Waals surface area contributed by atoms with Crippen molar-refractivity contribution in [3.63, 3.8) is 0 Å². The maximum Gasteiger partial charge on any atom is 0.124 e. The van der Waals surface area contributed by atoms with E-state index in [-0.39, 0.29) is 0 Å². The Balaban J connectivity index is 1.33. The van der Waals surface area contributed by atoms with Crippen LogP contribution < -0.4 is 14.8 Å². The summed E-state index contributed by atoms with van der Waals surface area (Å²) in [5.41, 5.74) is 2.50. The molecule has 1 fully saturated rings. The molecule has 1 saturated heterocycles. The Morgan fingerprint density at radius 2 is 1.73 bits per heavy atom. The van der Waals surface area contributed by atoms with Crippen molar-refractivity contribution < 1.29 is 14.2 Å². The minimum Gasteiger partial charge on any atom is -0.496 e. The summed E-state index contributed by atoms with van der Waals surface area (Å²) in [5, 5.41) is 3.41. The van der Waals surface area contributed by atoms with Crippen molar-refractivity contribution in [2.24, 2.45) is 0 Å². The highest BCUT2D eigenvalue weighted by molar-refractivity contribution is 5.32. The molecule has 0 aliphatic carbocycles. The highest BCUT2D eigenvalue weighted by Crippen LogP contribution is 2.26. The smallest absolute Gasteiger partial charge is 0.124 e. The van der Waals surface area contributed by atoms with Gasteiger partial charge in [-0.25, -0.2) is 0 Å². The lowest BCUT2D eigenvalue weighted by Crippen LogP contribution is -2.26. The van der Waals surface area contributed by atoms with Crippen molar-refractivity contribution in [2.75, 3.05) is 33.4 Å². The minimum atomic E-state index is 0.564. The maximum atomic E-state index is 5.83. The number of para-hydroxylation sites is 1. The molecule has 0 amide bonds. The molecular formula is C22H29NO3. The van der Waals surface area contributed by atoms with E-state index < -0.39 is 0 Å². The van der Waals surface area contributed by atoms with E-state index in [1.165, 1.54) is 18.4 Å². The average Bonchev–Trinajstić information content (AvgIpc) is 2.72. The number of methoxy groups -OCH3 is 1. The van der Waals surface area contributed by atoms with E-state index in [9.17, 15) is 0 Å². The largest absolute Gasteiger partial charge is 0.496 e. The molecule has 1 aliphatic heterocycles. The molecule has 4 nitrogen and oxygen atoms in total. The quantitative estimate of drug-likeness (QED) is 0.686. The molecule has 0 bridgehead atoms. The third-order valence-corrected chi connectivity index (χ3v) is 4.84. The van der Waals surface area contributed by atoms with Crippen molar-refractivity contribution in [3.8, 4) is 11.5 Å². The van der Waals surface area contributed by atoms with Gasteiger partial charge >= 0.3 is 0 Å². The van der Waals surface area contributed by atoms with Crippen LogP contribution in [-0.2, 0) is 11.3 Å². The predicted molar refractivity (Wildman–Crippen MR) is 104 cm³/mol. The van der Waals surface area contributed by atoms with Crippen molar-refractivity contribution >= 4 is 0 Å². The van der Waals surface area contributed by atoms with Gasteiger partial charge in [0.05, 0.1) is 26.9 Å². The zero-order valence-corrected chi connectivity index (χ0v) is 15.6. The Morgan fingerprint density at radius 3 is 2.50 bits per heavy atom. The Bertz CT molecular complexity index is 651. The summed E-state index contributed by atoms with van der Waals surface area (Å²) >= 11 is 0. The molecule has 0 saturated carbocycles. The zero-order chi connectivity index (χ0) is 18.0. The van der Waals surface area contributed by atoms with E-state index in [1.807, 2.05) is 24.3 Å². The molecule has 1 aliphatic rings. The van der Waals surface area contributed by atoms with E-state index in [0.29, 0.717) is 25.7 Å². The van der Waals surface area contributed by atoms with Gasteiger partial charge in [-0.1, -0.05) is 30.3 Å². The van der Waals surface area contributed by atoms with Crippen LogP contribution in [0.15, 0.2) is 48.5 Å². The molecule has 4 heteroatoms. The van der Waals surface area contributed by atoms with Crippen LogP contribution in [0.5, 0.6) is 11.5 Å². The van der Waals surface area contributed by atoms with Gasteiger partial charge in [0.2, 0.25) is 0 Å². The second-order valence-corrected chi connectivity index (χ2v) is 6.66. The molecule has 3 rings (SSSR count). The van der Waals surface area contributed by atoms with E-state index in [4.69, 9.17) is 14.2 Å². The lowest BCUT2D eigenvalue weighted by Gasteiger charge is -2.23.